The Balaban J connectivity index is 1.70. The van der Waals surface area contributed by atoms with Crippen LogP contribution in [0.5, 0.6) is 0 Å². The number of fused-ring (bicyclic) bond motifs is 1. The van der Waals surface area contributed by atoms with Crippen molar-refractivity contribution >= 4 is 23.3 Å². The highest BCUT2D eigenvalue weighted by Crippen LogP contribution is 2.23. The van der Waals surface area contributed by atoms with E-state index in [0.29, 0.717) is 11.6 Å². The summed E-state index contributed by atoms with van der Waals surface area (Å²) in [6.07, 6.45) is 3.30. The summed E-state index contributed by atoms with van der Waals surface area (Å²) >= 11 is 6.00. The van der Waals surface area contributed by atoms with Crippen LogP contribution in [0.1, 0.15) is 26.3 Å². The summed E-state index contributed by atoms with van der Waals surface area (Å²) < 4.78 is 7.21. The van der Waals surface area contributed by atoms with Gasteiger partial charge in [-0.2, -0.15) is 0 Å². The van der Waals surface area contributed by atoms with E-state index in [-0.39, 0.29) is 0 Å². The second-order valence-corrected chi connectivity index (χ2v) is 7.21. The highest BCUT2D eigenvalue weighted by molar-refractivity contribution is 6.30. The molecule has 130 valence electrons. The number of alkyl carbamates (subject to hydrolysis) is 1. The highest BCUT2D eigenvalue weighted by Gasteiger charge is 2.15. The molecule has 1 amide bonds. The molecule has 0 aliphatic carbocycles. The van der Waals surface area contributed by atoms with Gasteiger partial charge >= 0.3 is 6.09 Å². The lowest BCUT2D eigenvalue weighted by Crippen LogP contribution is -2.32. The van der Waals surface area contributed by atoms with Crippen LogP contribution in [0.2, 0.25) is 5.02 Å². The Morgan fingerprint density at radius 2 is 1.96 bits per heavy atom. The van der Waals surface area contributed by atoms with Gasteiger partial charge in [-0.1, -0.05) is 35.9 Å². The van der Waals surface area contributed by atoms with E-state index in [2.05, 4.69) is 10.3 Å². The molecule has 0 aliphatic rings. The Kier molecular flexibility index (Phi) is 4.68. The molecule has 0 fully saturated rings. The van der Waals surface area contributed by atoms with Crippen molar-refractivity contribution in [3.05, 3.63) is 59.4 Å². The van der Waals surface area contributed by atoms with Crippen LogP contribution >= 0.6 is 11.6 Å². The van der Waals surface area contributed by atoms with Crippen molar-refractivity contribution in [3.63, 3.8) is 0 Å². The fraction of sp³-hybridized carbons (Fsp3) is 0.263. The smallest absolute Gasteiger partial charge is 0.407 e. The van der Waals surface area contributed by atoms with E-state index in [9.17, 15) is 4.79 Å². The van der Waals surface area contributed by atoms with Gasteiger partial charge in [-0.15, -0.1) is 0 Å². The van der Waals surface area contributed by atoms with Gasteiger partial charge in [0.15, 0.2) is 0 Å². The Labute approximate surface area is 151 Å². The van der Waals surface area contributed by atoms with Crippen LogP contribution in [0.4, 0.5) is 4.79 Å². The zero-order valence-electron chi connectivity index (χ0n) is 14.4. The number of nitrogens with zero attached hydrogens (tertiary/aromatic N) is 2. The molecule has 1 aromatic carbocycles. The number of nitrogens with one attached hydrogen (secondary N) is 1. The molecule has 0 atom stereocenters. The summed E-state index contributed by atoms with van der Waals surface area (Å²) in [5, 5.41) is 3.41. The van der Waals surface area contributed by atoms with E-state index in [1.54, 1.807) is 0 Å². The molecule has 2 heterocycles. The quantitative estimate of drug-likeness (QED) is 0.740. The molecule has 0 aliphatic heterocycles. The number of ether oxygens (including phenoxy) is 1. The minimum absolute atomic E-state index is 0.415. The van der Waals surface area contributed by atoms with Crippen LogP contribution in [0.3, 0.4) is 0 Å². The molecule has 1 N–H and O–H groups in total. The van der Waals surface area contributed by atoms with Gasteiger partial charge < -0.3 is 10.1 Å². The third kappa shape index (κ3) is 4.31. The van der Waals surface area contributed by atoms with Crippen molar-refractivity contribution in [2.24, 2.45) is 0 Å². The number of amides is 1. The molecule has 0 spiro atoms. The molecular formula is C19H20ClN3O2. The van der Waals surface area contributed by atoms with E-state index >= 15 is 0 Å². The first kappa shape index (κ1) is 17.3. The van der Waals surface area contributed by atoms with Crippen molar-refractivity contribution in [1.29, 1.82) is 0 Å². The van der Waals surface area contributed by atoms with Gasteiger partial charge in [0.25, 0.3) is 0 Å². The van der Waals surface area contributed by atoms with Crippen LogP contribution in [0, 0.1) is 0 Å². The van der Waals surface area contributed by atoms with Crippen molar-refractivity contribution in [3.8, 4) is 11.3 Å². The summed E-state index contributed by atoms with van der Waals surface area (Å²) in [7, 11) is 0. The number of carbonyl (C=O) groups excluding carboxylic acids is 1. The molecule has 2 aromatic heterocycles. The van der Waals surface area contributed by atoms with Gasteiger partial charge in [0.05, 0.1) is 11.9 Å². The molecule has 0 saturated heterocycles. The highest BCUT2D eigenvalue weighted by atomic mass is 35.5. The molecule has 3 rings (SSSR count). The number of hydrogen-bond donors (Lipinski definition) is 1. The second-order valence-electron chi connectivity index (χ2n) is 6.77. The van der Waals surface area contributed by atoms with Crippen LogP contribution in [0.15, 0.2) is 48.8 Å². The minimum atomic E-state index is -0.500. The predicted molar refractivity (Wildman–Crippen MR) is 98.7 cm³/mol. The number of benzene rings is 1. The molecule has 0 saturated carbocycles. The Morgan fingerprint density at radius 1 is 1.24 bits per heavy atom. The molecule has 6 heteroatoms. The maximum Gasteiger partial charge on any atom is 0.407 e. The Bertz CT molecular complexity index is 895. The van der Waals surface area contributed by atoms with E-state index in [0.717, 1.165) is 22.5 Å². The fourth-order valence-corrected chi connectivity index (χ4v) is 2.61. The number of imidazole rings is 1. The van der Waals surface area contributed by atoms with Crippen LogP contribution in [-0.2, 0) is 11.3 Å². The number of halogens is 1. The normalized spacial score (nSPS) is 11.5. The Morgan fingerprint density at radius 3 is 2.64 bits per heavy atom. The number of hydrogen-bond acceptors (Lipinski definition) is 3. The lowest BCUT2D eigenvalue weighted by Gasteiger charge is -2.19. The SMILES string of the molecule is CC(C)(C)OC(=O)NCc1ccc(-c2cnc3cc(Cl)ccn23)cc1. The molecule has 25 heavy (non-hydrogen) atoms. The topological polar surface area (TPSA) is 55.6 Å². The van der Waals surface area contributed by atoms with Gasteiger partial charge in [-0.05, 0) is 32.4 Å². The Hall–Kier alpha value is -2.53. The van der Waals surface area contributed by atoms with Crippen molar-refractivity contribution in [2.45, 2.75) is 32.9 Å². The maximum atomic E-state index is 11.7. The van der Waals surface area contributed by atoms with Crippen molar-refractivity contribution in [2.75, 3.05) is 0 Å². The molecule has 0 bridgehead atoms. The number of aromatic nitrogens is 2. The summed E-state index contributed by atoms with van der Waals surface area (Å²) in [4.78, 5) is 16.1. The standard InChI is InChI=1S/C19H20ClN3O2/c1-19(2,3)25-18(24)22-11-13-4-6-14(7-5-13)16-12-21-17-10-15(20)8-9-23(16)17/h4-10,12H,11H2,1-3H3,(H,22,24). The summed E-state index contributed by atoms with van der Waals surface area (Å²) in [5.74, 6) is 0. The molecule has 3 aromatic rings. The average molecular weight is 358 g/mol. The largest absolute Gasteiger partial charge is 0.444 e. The van der Waals surface area contributed by atoms with E-state index in [1.165, 1.54) is 0 Å². The maximum absolute atomic E-state index is 11.7. The van der Waals surface area contributed by atoms with E-state index in [1.807, 2.05) is 74.0 Å². The third-order valence-electron chi connectivity index (χ3n) is 3.56. The predicted octanol–water partition coefficient (Wildman–Crippen LogP) is 4.68. The minimum Gasteiger partial charge on any atom is -0.444 e. The van der Waals surface area contributed by atoms with Gasteiger partial charge in [0, 0.05) is 29.4 Å². The number of pyridine rings is 1. The first-order chi connectivity index (χ1) is 11.8. The third-order valence-corrected chi connectivity index (χ3v) is 3.80. The van der Waals surface area contributed by atoms with Gasteiger partial charge in [-0.3, -0.25) is 4.40 Å². The van der Waals surface area contributed by atoms with Crippen LogP contribution in [0.25, 0.3) is 16.9 Å². The molecule has 5 nitrogen and oxygen atoms in total. The van der Waals surface area contributed by atoms with E-state index in [4.69, 9.17) is 16.3 Å². The van der Waals surface area contributed by atoms with Crippen LogP contribution in [-0.4, -0.2) is 21.1 Å². The lowest BCUT2D eigenvalue weighted by molar-refractivity contribution is 0.0523. The van der Waals surface area contributed by atoms with Crippen molar-refractivity contribution in [1.82, 2.24) is 14.7 Å². The number of rotatable bonds is 3. The monoisotopic (exact) mass is 357 g/mol. The summed E-state index contributed by atoms with van der Waals surface area (Å²) in [6, 6.07) is 11.6. The van der Waals surface area contributed by atoms with E-state index < -0.39 is 11.7 Å². The average Bonchev–Trinajstić information content (AvgIpc) is 2.94. The van der Waals surface area contributed by atoms with Crippen molar-refractivity contribution < 1.29 is 9.53 Å². The fourth-order valence-electron chi connectivity index (χ4n) is 2.45. The molecule has 0 unspecified atom stereocenters. The van der Waals surface area contributed by atoms with Gasteiger partial charge in [-0.25, -0.2) is 9.78 Å². The molecule has 0 radical (unpaired) electrons. The summed E-state index contributed by atoms with van der Waals surface area (Å²) in [5.41, 5.74) is 3.32. The summed E-state index contributed by atoms with van der Waals surface area (Å²) in [6.45, 7) is 5.93. The second kappa shape index (κ2) is 6.76. The molecular weight excluding hydrogens is 338 g/mol. The van der Waals surface area contributed by atoms with Crippen LogP contribution < -0.4 is 5.32 Å². The first-order valence-corrected chi connectivity index (χ1v) is 8.38. The number of carbonyl (C=O) groups is 1. The first-order valence-electron chi connectivity index (χ1n) is 8.01. The van der Waals surface area contributed by atoms with Gasteiger partial charge in [0.1, 0.15) is 11.2 Å². The zero-order valence-corrected chi connectivity index (χ0v) is 15.2. The zero-order chi connectivity index (χ0) is 18.0. The van der Waals surface area contributed by atoms with Gasteiger partial charge in [0.2, 0.25) is 0 Å². The lowest BCUT2D eigenvalue weighted by atomic mass is 10.1.